The summed E-state index contributed by atoms with van der Waals surface area (Å²) in [5, 5.41) is 11.4. The monoisotopic (exact) mass is 256 g/mol. The molecule has 0 radical (unpaired) electrons. The first kappa shape index (κ1) is 14.6. The molecule has 0 saturated carbocycles. The second-order valence-corrected chi connectivity index (χ2v) is 4.52. The van der Waals surface area contributed by atoms with Gasteiger partial charge >= 0.3 is 0 Å². The summed E-state index contributed by atoms with van der Waals surface area (Å²) in [5.41, 5.74) is 0. The highest BCUT2D eigenvalue weighted by molar-refractivity contribution is 6.02. The number of carbonyl (C=O) groups is 3. The average molecular weight is 256 g/mol. The van der Waals surface area contributed by atoms with Gasteiger partial charge in [-0.25, -0.2) is 0 Å². The number of carbonyl (C=O) groups excluding carboxylic acids is 3. The summed E-state index contributed by atoms with van der Waals surface area (Å²) >= 11 is 0. The lowest BCUT2D eigenvalue weighted by molar-refractivity contribution is -0.138. The maximum atomic E-state index is 11.6. The number of nitrogens with zero attached hydrogens (tertiary/aromatic N) is 1. The molecule has 1 heterocycles. The Bertz CT molecular complexity index is 314. The van der Waals surface area contributed by atoms with Gasteiger partial charge in [-0.05, 0) is 19.8 Å². The van der Waals surface area contributed by atoms with Crippen LogP contribution in [0.1, 0.15) is 39.0 Å². The van der Waals surface area contributed by atoms with Crippen molar-refractivity contribution in [2.45, 2.75) is 45.1 Å². The van der Waals surface area contributed by atoms with Crippen LogP contribution < -0.4 is 5.32 Å². The van der Waals surface area contributed by atoms with E-state index in [0.29, 0.717) is 12.8 Å². The first-order valence-corrected chi connectivity index (χ1v) is 6.28. The Kier molecular flexibility index (Phi) is 5.77. The average Bonchev–Trinajstić information content (AvgIpc) is 2.64. The summed E-state index contributed by atoms with van der Waals surface area (Å²) in [7, 11) is 0. The lowest BCUT2D eigenvalue weighted by Crippen LogP contribution is -2.37. The lowest BCUT2D eigenvalue weighted by atomic mass is 10.2. The normalized spacial score (nSPS) is 17.1. The fraction of sp³-hybridized carbons (Fsp3) is 0.750. The van der Waals surface area contributed by atoms with Crippen molar-refractivity contribution in [3.63, 3.8) is 0 Å². The molecule has 1 rings (SSSR count). The third-order valence-electron chi connectivity index (χ3n) is 2.92. The van der Waals surface area contributed by atoms with Crippen LogP contribution in [0, 0.1) is 0 Å². The standard InChI is InChI=1S/C12H20N2O4/c1-9(3-2-8-15)13-10(16)6-7-14-11(17)4-5-12(14)18/h9,15H,2-8H2,1H3,(H,13,16). The summed E-state index contributed by atoms with van der Waals surface area (Å²) in [6.07, 6.45) is 2.01. The van der Waals surface area contributed by atoms with E-state index in [1.165, 1.54) is 0 Å². The molecule has 2 N–H and O–H groups in total. The molecule has 0 aromatic carbocycles. The number of hydrogen-bond acceptors (Lipinski definition) is 4. The van der Waals surface area contributed by atoms with E-state index in [9.17, 15) is 14.4 Å². The van der Waals surface area contributed by atoms with Crippen molar-refractivity contribution in [3.8, 4) is 0 Å². The Hall–Kier alpha value is -1.43. The SMILES string of the molecule is CC(CCCO)NC(=O)CCN1C(=O)CCC1=O. The zero-order chi connectivity index (χ0) is 13.5. The molecule has 6 heteroatoms. The van der Waals surface area contributed by atoms with E-state index in [4.69, 9.17) is 5.11 Å². The molecule has 1 saturated heterocycles. The van der Waals surface area contributed by atoms with Crippen LogP contribution in [0.3, 0.4) is 0 Å². The third-order valence-corrected chi connectivity index (χ3v) is 2.92. The second-order valence-electron chi connectivity index (χ2n) is 4.52. The topological polar surface area (TPSA) is 86.7 Å². The van der Waals surface area contributed by atoms with Crippen LogP contribution in [0.15, 0.2) is 0 Å². The molecular weight excluding hydrogens is 236 g/mol. The van der Waals surface area contributed by atoms with E-state index >= 15 is 0 Å². The number of aliphatic hydroxyl groups excluding tert-OH is 1. The van der Waals surface area contributed by atoms with Gasteiger partial charge in [-0.3, -0.25) is 19.3 Å². The molecule has 1 atom stereocenters. The van der Waals surface area contributed by atoms with Gasteiger partial charge < -0.3 is 10.4 Å². The Morgan fingerprint density at radius 1 is 1.39 bits per heavy atom. The van der Waals surface area contributed by atoms with Crippen molar-refractivity contribution in [3.05, 3.63) is 0 Å². The van der Waals surface area contributed by atoms with Gasteiger partial charge in [0, 0.05) is 38.5 Å². The molecule has 6 nitrogen and oxygen atoms in total. The van der Waals surface area contributed by atoms with Crippen molar-refractivity contribution in [1.29, 1.82) is 0 Å². The summed E-state index contributed by atoms with van der Waals surface area (Å²) < 4.78 is 0. The minimum atomic E-state index is -0.193. The van der Waals surface area contributed by atoms with Crippen molar-refractivity contribution >= 4 is 17.7 Å². The van der Waals surface area contributed by atoms with Crippen LogP contribution in [0.4, 0.5) is 0 Å². The lowest BCUT2D eigenvalue weighted by Gasteiger charge is -2.16. The van der Waals surface area contributed by atoms with E-state index in [1.807, 2.05) is 6.92 Å². The molecule has 1 aliphatic heterocycles. The van der Waals surface area contributed by atoms with Gasteiger partial charge in [0.1, 0.15) is 0 Å². The molecule has 1 aliphatic rings. The fourth-order valence-electron chi connectivity index (χ4n) is 1.90. The van der Waals surface area contributed by atoms with E-state index in [2.05, 4.69) is 5.32 Å². The number of amides is 3. The first-order valence-electron chi connectivity index (χ1n) is 6.28. The Balaban J connectivity index is 2.24. The highest BCUT2D eigenvalue weighted by Crippen LogP contribution is 2.11. The molecule has 0 bridgehead atoms. The van der Waals surface area contributed by atoms with Gasteiger partial charge in [-0.2, -0.15) is 0 Å². The number of nitrogens with one attached hydrogen (secondary N) is 1. The number of aliphatic hydroxyl groups is 1. The van der Waals surface area contributed by atoms with E-state index in [0.717, 1.165) is 4.90 Å². The molecule has 3 amide bonds. The summed E-state index contributed by atoms with van der Waals surface area (Å²) in [5.74, 6) is -0.560. The van der Waals surface area contributed by atoms with Crippen molar-refractivity contribution in [1.82, 2.24) is 10.2 Å². The van der Waals surface area contributed by atoms with Crippen LogP contribution in [-0.2, 0) is 14.4 Å². The fourth-order valence-corrected chi connectivity index (χ4v) is 1.90. The largest absolute Gasteiger partial charge is 0.396 e. The quantitative estimate of drug-likeness (QED) is 0.618. The van der Waals surface area contributed by atoms with Crippen molar-refractivity contribution in [2.75, 3.05) is 13.2 Å². The molecule has 1 fully saturated rings. The van der Waals surface area contributed by atoms with Gasteiger partial charge in [0.05, 0.1) is 0 Å². The van der Waals surface area contributed by atoms with Crippen LogP contribution in [0.25, 0.3) is 0 Å². The van der Waals surface area contributed by atoms with E-state index < -0.39 is 0 Å². The number of imide groups is 1. The highest BCUT2D eigenvalue weighted by Gasteiger charge is 2.28. The Morgan fingerprint density at radius 3 is 2.56 bits per heavy atom. The van der Waals surface area contributed by atoms with Gasteiger partial charge in [-0.1, -0.05) is 0 Å². The summed E-state index contributed by atoms with van der Waals surface area (Å²) in [4.78, 5) is 35.3. The number of hydrogen-bond donors (Lipinski definition) is 2. The van der Waals surface area contributed by atoms with E-state index in [1.54, 1.807) is 0 Å². The third kappa shape index (κ3) is 4.44. The maximum absolute atomic E-state index is 11.6. The molecule has 0 aromatic heterocycles. The predicted octanol–water partition coefficient (Wildman–Crippen LogP) is -0.197. The molecule has 0 spiro atoms. The van der Waals surface area contributed by atoms with Crippen molar-refractivity contribution < 1.29 is 19.5 Å². The van der Waals surface area contributed by atoms with Crippen LogP contribution in [0.5, 0.6) is 0 Å². The Labute approximate surface area is 106 Å². The minimum Gasteiger partial charge on any atom is -0.396 e. The molecule has 0 aliphatic carbocycles. The minimum absolute atomic E-state index is 0.00497. The van der Waals surface area contributed by atoms with Crippen LogP contribution in [0.2, 0.25) is 0 Å². The summed E-state index contributed by atoms with van der Waals surface area (Å²) in [6, 6.07) is -0.00497. The maximum Gasteiger partial charge on any atom is 0.229 e. The number of likely N-dealkylation sites (tertiary alicyclic amines) is 1. The first-order chi connectivity index (χ1) is 8.54. The predicted molar refractivity (Wildman–Crippen MR) is 64.5 cm³/mol. The number of rotatable bonds is 7. The smallest absolute Gasteiger partial charge is 0.229 e. The summed E-state index contributed by atoms with van der Waals surface area (Å²) in [6.45, 7) is 2.13. The van der Waals surface area contributed by atoms with Gasteiger partial charge in [0.15, 0.2) is 0 Å². The Morgan fingerprint density at radius 2 is 2.00 bits per heavy atom. The molecule has 1 unspecified atom stereocenters. The van der Waals surface area contributed by atoms with E-state index in [-0.39, 0.29) is 56.2 Å². The van der Waals surface area contributed by atoms with Gasteiger partial charge in [0.25, 0.3) is 0 Å². The molecule has 102 valence electrons. The highest BCUT2D eigenvalue weighted by atomic mass is 16.3. The molecule has 18 heavy (non-hydrogen) atoms. The zero-order valence-corrected chi connectivity index (χ0v) is 10.6. The van der Waals surface area contributed by atoms with Crippen LogP contribution >= 0.6 is 0 Å². The van der Waals surface area contributed by atoms with Gasteiger partial charge in [0.2, 0.25) is 17.7 Å². The van der Waals surface area contributed by atoms with Gasteiger partial charge in [-0.15, -0.1) is 0 Å². The molecule has 0 aromatic rings. The zero-order valence-electron chi connectivity index (χ0n) is 10.6. The van der Waals surface area contributed by atoms with Crippen molar-refractivity contribution in [2.24, 2.45) is 0 Å². The molecular formula is C12H20N2O4. The second kappa shape index (κ2) is 7.10. The van der Waals surface area contributed by atoms with Crippen LogP contribution in [-0.4, -0.2) is 46.9 Å².